The van der Waals surface area contributed by atoms with Crippen LogP contribution in [-0.4, -0.2) is 34.8 Å². The largest absolute Gasteiger partial charge is 0.342 e. The van der Waals surface area contributed by atoms with Crippen molar-refractivity contribution in [1.82, 2.24) is 10.2 Å². The molecule has 1 unspecified atom stereocenters. The smallest absolute Gasteiger partial charge is 0.248 e. The summed E-state index contributed by atoms with van der Waals surface area (Å²) in [7, 11) is 0. The van der Waals surface area contributed by atoms with Crippen molar-refractivity contribution in [2.24, 2.45) is 5.41 Å². The van der Waals surface area contributed by atoms with Crippen LogP contribution in [0.4, 0.5) is 0 Å². The van der Waals surface area contributed by atoms with Crippen LogP contribution in [0.3, 0.4) is 0 Å². The molecule has 4 nitrogen and oxygen atoms in total. The number of carbonyl (C=O) groups excluding carboxylic acids is 2. The molecular formula is C16H30N2O2. The number of nitrogens with zero attached hydrogens (tertiary/aromatic N) is 1. The lowest BCUT2D eigenvalue weighted by Gasteiger charge is -2.36. The number of rotatable bonds is 4. The Bertz CT molecular complexity index is 367. The minimum atomic E-state index is -0.709. The van der Waals surface area contributed by atoms with Crippen molar-refractivity contribution >= 4 is 11.8 Å². The zero-order chi connectivity index (χ0) is 15.6. The Morgan fingerprint density at radius 1 is 1.25 bits per heavy atom. The number of hydrogen-bond donors (Lipinski definition) is 1. The third kappa shape index (κ3) is 3.74. The molecule has 0 aromatic carbocycles. The van der Waals surface area contributed by atoms with Gasteiger partial charge in [-0.15, -0.1) is 0 Å². The molecule has 1 N–H and O–H groups in total. The molecule has 1 fully saturated rings. The lowest BCUT2D eigenvalue weighted by molar-refractivity contribution is -0.140. The number of nitrogens with one attached hydrogen (secondary N) is 1. The standard InChI is InChI=1S/C16H30N2O2/c1-7-16(8-2)14(20)18(10-9-15(4,5)6)12(3)11-13(19)17-16/h12H,7-11H2,1-6H3,(H,17,19). The zero-order valence-electron chi connectivity index (χ0n) is 13.9. The monoisotopic (exact) mass is 282 g/mol. The molecule has 1 aliphatic rings. The molecule has 1 atom stereocenters. The summed E-state index contributed by atoms with van der Waals surface area (Å²) in [4.78, 5) is 26.9. The van der Waals surface area contributed by atoms with Crippen molar-refractivity contribution < 1.29 is 9.59 Å². The van der Waals surface area contributed by atoms with Crippen molar-refractivity contribution in [3.63, 3.8) is 0 Å². The van der Waals surface area contributed by atoms with E-state index in [1.54, 1.807) is 0 Å². The molecule has 4 heteroatoms. The first-order valence-corrected chi connectivity index (χ1v) is 7.77. The van der Waals surface area contributed by atoms with Gasteiger partial charge < -0.3 is 10.2 Å². The van der Waals surface area contributed by atoms with Crippen LogP contribution >= 0.6 is 0 Å². The summed E-state index contributed by atoms with van der Waals surface area (Å²) in [6.45, 7) is 13.2. The van der Waals surface area contributed by atoms with Gasteiger partial charge in [-0.2, -0.15) is 0 Å². The zero-order valence-corrected chi connectivity index (χ0v) is 13.9. The van der Waals surface area contributed by atoms with Gasteiger partial charge in [-0.25, -0.2) is 0 Å². The topological polar surface area (TPSA) is 49.4 Å². The van der Waals surface area contributed by atoms with Gasteiger partial charge >= 0.3 is 0 Å². The summed E-state index contributed by atoms with van der Waals surface area (Å²) < 4.78 is 0. The molecule has 2 amide bonds. The molecule has 0 aromatic heterocycles. The highest BCUT2D eigenvalue weighted by Gasteiger charge is 2.43. The maximum Gasteiger partial charge on any atom is 0.248 e. The average molecular weight is 282 g/mol. The van der Waals surface area contributed by atoms with Gasteiger partial charge in [0, 0.05) is 19.0 Å². The summed E-state index contributed by atoms with van der Waals surface area (Å²) in [6, 6.07) is -0.0233. The van der Waals surface area contributed by atoms with Gasteiger partial charge in [0.15, 0.2) is 0 Å². The van der Waals surface area contributed by atoms with Gasteiger partial charge in [0.2, 0.25) is 11.8 Å². The van der Waals surface area contributed by atoms with E-state index in [0.29, 0.717) is 19.3 Å². The fourth-order valence-electron chi connectivity index (χ4n) is 2.73. The molecule has 1 heterocycles. The second-order valence-corrected chi connectivity index (χ2v) is 7.20. The van der Waals surface area contributed by atoms with E-state index >= 15 is 0 Å². The van der Waals surface area contributed by atoms with Gasteiger partial charge in [0.25, 0.3) is 0 Å². The van der Waals surface area contributed by atoms with E-state index in [9.17, 15) is 9.59 Å². The van der Waals surface area contributed by atoms with Crippen LogP contribution in [0.1, 0.15) is 67.2 Å². The van der Waals surface area contributed by atoms with Crippen LogP contribution < -0.4 is 5.32 Å². The van der Waals surface area contributed by atoms with Gasteiger partial charge in [0.1, 0.15) is 5.54 Å². The van der Waals surface area contributed by atoms with Crippen molar-refractivity contribution in [1.29, 1.82) is 0 Å². The van der Waals surface area contributed by atoms with Gasteiger partial charge in [-0.1, -0.05) is 34.6 Å². The molecule has 0 radical (unpaired) electrons. The summed E-state index contributed by atoms with van der Waals surface area (Å²) in [6.07, 6.45) is 2.64. The van der Waals surface area contributed by atoms with Crippen molar-refractivity contribution in [2.75, 3.05) is 6.54 Å². The Morgan fingerprint density at radius 3 is 2.25 bits per heavy atom. The Kier molecular flexibility index (Phi) is 5.22. The maximum absolute atomic E-state index is 12.9. The van der Waals surface area contributed by atoms with Crippen molar-refractivity contribution in [3.8, 4) is 0 Å². The first kappa shape index (κ1) is 17.0. The summed E-state index contributed by atoms with van der Waals surface area (Å²) in [5, 5.41) is 2.97. The molecule has 0 spiro atoms. The SMILES string of the molecule is CCC1(CC)NC(=O)CC(C)N(CCC(C)(C)C)C1=O. The molecule has 1 saturated heterocycles. The molecule has 116 valence electrons. The van der Waals surface area contributed by atoms with Crippen LogP contribution in [0, 0.1) is 5.41 Å². The minimum absolute atomic E-state index is 0.00666. The highest BCUT2D eigenvalue weighted by Crippen LogP contribution is 2.27. The van der Waals surface area contributed by atoms with Crippen LogP contribution in [0.5, 0.6) is 0 Å². The number of amides is 2. The van der Waals surface area contributed by atoms with E-state index in [1.807, 2.05) is 25.7 Å². The molecule has 0 bridgehead atoms. The summed E-state index contributed by atoms with van der Waals surface area (Å²) >= 11 is 0. The first-order valence-electron chi connectivity index (χ1n) is 7.77. The normalized spacial score (nSPS) is 23.5. The third-order valence-corrected chi connectivity index (χ3v) is 4.37. The van der Waals surface area contributed by atoms with E-state index in [-0.39, 0.29) is 23.3 Å². The molecule has 1 aliphatic heterocycles. The predicted octanol–water partition coefficient (Wildman–Crippen LogP) is 2.72. The minimum Gasteiger partial charge on any atom is -0.342 e. The third-order valence-electron chi connectivity index (χ3n) is 4.37. The van der Waals surface area contributed by atoms with Gasteiger partial charge in [-0.3, -0.25) is 9.59 Å². The summed E-state index contributed by atoms with van der Waals surface area (Å²) in [5.74, 6) is 0.0814. The van der Waals surface area contributed by atoms with Crippen LogP contribution in [0.15, 0.2) is 0 Å². The fourth-order valence-corrected chi connectivity index (χ4v) is 2.73. The lowest BCUT2D eigenvalue weighted by Crippen LogP contribution is -2.57. The number of hydrogen-bond acceptors (Lipinski definition) is 2. The molecule has 20 heavy (non-hydrogen) atoms. The predicted molar refractivity (Wildman–Crippen MR) is 81.3 cm³/mol. The Morgan fingerprint density at radius 2 is 1.80 bits per heavy atom. The van der Waals surface area contributed by atoms with Gasteiger partial charge in [0.05, 0.1) is 0 Å². The highest BCUT2D eigenvalue weighted by atomic mass is 16.2. The lowest BCUT2D eigenvalue weighted by atomic mass is 9.89. The highest BCUT2D eigenvalue weighted by molar-refractivity contribution is 5.93. The van der Waals surface area contributed by atoms with Crippen LogP contribution in [0.25, 0.3) is 0 Å². The van der Waals surface area contributed by atoms with E-state index in [0.717, 1.165) is 13.0 Å². The molecule has 1 rings (SSSR count). The van der Waals surface area contributed by atoms with E-state index in [1.165, 1.54) is 0 Å². The fraction of sp³-hybridized carbons (Fsp3) is 0.875. The van der Waals surface area contributed by atoms with E-state index < -0.39 is 5.54 Å². The first-order chi connectivity index (χ1) is 9.15. The second-order valence-electron chi connectivity index (χ2n) is 7.20. The van der Waals surface area contributed by atoms with Crippen LogP contribution in [0.2, 0.25) is 0 Å². The van der Waals surface area contributed by atoms with E-state index in [2.05, 4.69) is 26.1 Å². The molecule has 0 aliphatic carbocycles. The number of carbonyl (C=O) groups is 2. The molecule has 0 aromatic rings. The van der Waals surface area contributed by atoms with Gasteiger partial charge in [-0.05, 0) is 31.6 Å². The Hall–Kier alpha value is -1.06. The quantitative estimate of drug-likeness (QED) is 0.862. The van der Waals surface area contributed by atoms with Crippen molar-refractivity contribution in [2.45, 2.75) is 78.8 Å². The second kappa shape index (κ2) is 6.15. The van der Waals surface area contributed by atoms with Crippen LogP contribution in [-0.2, 0) is 9.59 Å². The van der Waals surface area contributed by atoms with E-state index in [4.69, 9.17) is 0 Å². The Labute approximate surface area is 123 Å². The molecule has 0 saturated carbocycles. The molecular weight excluding hydrogens is 252 g/mol. The summed E-state index contributed by atoms with van der Waals surface area (Å²) in [5.41, 5.74) is -0.523. The van der Waals surface area contributed by atoms with Crippen molar-refractivity contribution in [3.05, 3.63) is 0 Å². The maximum atomic E-state index is 12.9. The average Bonchev–Trinajstić information content (AvgIpc) is 2.42. The Balaban J connectivity index is 3.00.